The Morgan fingerprint density at radius 3 is 2.77 bits per heavy atom. The zero-order valence-corrected chi connectivity index (χ0v) is 15.7. The third kappa shape index (κ3) is 4.47. The Kier molecular flexibility index (Phi) is 6.34. The molecule has 1 aliphatic rings. The van der Waals surface area contributed by atoms with Crippen LogP contribution in [0, 0.1) is 0 Å². The van der Waals surface area contributed by atoms with Crippen LogP contribution in [0.3, 0.4) is 0 Å². The Morgan fingerprint density at radius 1 is 1.15 bits per heavy atom. The van der Waals surface area contributed by atoms with Crippen LogP contribution in [-0.2, 0) is 16.0 Å². The molecular weight excluding hydrogens is 346 g/mol. The monoisotopic (exact) mass is 369 g/mol. The first kappa shape index (κ1) is 18.5. The van der Waals surface area contributed by atoms with Gasteiger partial charge in [0.25, 0.3) is 5.91 Å². The molecule has 0 spiro atoms. The van der Waals surface area contributed by atoms with E-state index in [0.717, 1.165) is 29.9 Å². The fraction of sp³-hybridized carbons (Fsp3) is 0.333. The molecule has 0 bridgehead atoms. The summed E-state index contributed by atoms with van der Waals surface area (Å²) in [6, 6.07) is 15.5. The maximum absolute atomic E-state index is 12.3. The van der Waals surface area contributed by atoms with Gasteiger partial charge in [0.2, 0.25) is 0 Å². The van der Waals surface area contributed by atoms with Crippen molar-refractivity contribution in [1.29, 1.82) is 0 Å². The SMILES string of the molecule is CCSc1ccccc1C(=O)OCC(=O)N[C@H]1CCCc2ccccc21. The number of fused-ring (bicyclic) bond motifs is 1. The van der Waals surface area contributed by atoms with Crippen molar-refractivity contribution in [3.05, 3.63) is 65.2 Å². The van der Waals surface area contributed by atoms with Crippen molar-refractivity contribution in [1.82, 2.24) is 5.32 Å². The smallest absolute Gasteiger partial charge is 0.339 e. The molecule has 1 aliphatic carbocycles. The molecule has 4 nitrogen and oxygen atoms in total. The van der Waals surface area contributed by atoms with E-state index in [9.17, 15) is 9.59 Å². The number of benzene rings is 2. The number of ether oxygens (including phenoxy) is 1. The molecule has 0 radical (unpaired) electrons. The average Bonchev–Trinajstić information content (AvgIpc) is 2.67. The van der Waals surface area contributed by atoms with Crippen LogP contribution in [0.4, 0.5) is 0 Å². The fourth-order valence-corrected chi connectivity index (χ4v) is 4.06. The van der Waals surface area contributed by atoms with Crippen LogP contribution in [0.2, 0.25) is 0 Å². The Hall–Kier alpha value is -2.27. The van der Waals surface area contributed by atoms with E-state index in [-0.39, 0.29) is 18.6 Å². The molecule has 0 unspecified atom stereocenters. The van der Waals surface area contributed by atoms with Crippen LogP contribution in [0.25, 0.3) is 0 Å². The van der Waals surface area contributed by atoms with Crippen LogP contribution in [-0.4, -0.2) is 24.2 Å². The van der Waals surface area contributed by atoms with Crippen molar-refractivity contribution in [3.63, 3.8) is 0 Å². The van der Waals surface area contributed by atoms with Gasteiger partial charge in [0.1, 0.15) is 0 Å². The van der Waals surface area contributed by atoms with Crippen LogP contribution < -0.4 is 5.32 Å². The van der Waals surface area contributed by atoms with Crippen LogP contribution in [0.1, 0.15) is 47.3 Å². The first-order valence-electron chi connectivity index (χ1n) is 8.95. The highest BCUT2D eigenvalue weighted by atomic mass is 32.2. The molecule has 3 rings (SSSR count). The second-order valence-corrected chi connectivity index (χ2v) is 7.52. The summed E-state index contributed by atoms with van der Waals surface area (Å²) in [7, 11) is 0. The molecule has 2 aromatic rings. The predicted octanol–water partition coefficient (Wildman–Crippen LogP) is 4.15. The summed E-state index contributed by atoms with van der Waals surface area (Å²) in [5.74, 6) is 0.146. The molecule has 1 atom stereocenters. The second-order valence-electron chi connectivity index (χ2n) is 6.22. The Bertz CT molecular complexity index is 790. The molecule has 0 saturated heterocycles. The average molecular weight is 369 g/mol. The number of hydrogen-bond acceptors (Lipinski definition) is 4. The van der Waals surface area contributed by atoms with E-state index in [1.165, 1.54) is 11.1 Å². The minimum atomic E-state index is -0.458. The number of nitrogens with one attached hydrogen (secondary N) is 1. The normalized spacial score (nSPS) is 15.8. The number of thioether (sulfide) groups is 1. The van der Waals surface area contributed by atoms with Crippen LogP contribution >= 0.6 is 11.8 Å². The molecule has 1 N–H and O–H groups in total. The summed E-state index contributed by atoms with van der Waals surface area (Å²) in [6.45, 7) is 1.77. The molecule has 136 valence electrons. The fourth-order valence-electron chi connectivity index (χ4n) is 3.27. The van der Waals surface area contributed by atoms with Gasteiger partial charge in [-0.3, -0.25) is 4.79 Å². The van der Waals surface area contributed by atoms with Crippen molar-refractivity contribution in [2.75, 3.05) is 12.4 Å². The highest BCUT2D eigenvalue weighted by Gasteiger charge is 2.22. The van der Waals surface area contributed by atoms with Crippen molar-refractivity contribution < 1.29 is 14.3 Å². The van der Waals surface area contributed by atoms with Crippen LogP contribution in [0.5, 0.6) is 0 Å². The van der Waals surface area contributed by atoms with Gasteiger partial charge in [-0.15, -0.1) is 11.8 Å². The molecule has 26 heavy (non-hydrogen) atoms. The third-order valence-electron chi connectivity index (χ3n) is 4.45. The number of rotatable bonds is 6. The van der Waals surface area contributed by atoms with Crippen molar-refractivity contribution in [2.45, 2.75) is 37.1 Å². The van der Waals surface area contributed by atoms with E-state index >= 15 is 0 Å². The lowest BCUT2D eigenvalue weighted by molar-refractivity contribution is -0.125. The van der Waals surface area contributed by atoms with Gasteiger partial charge in [-0.25, -0.2) is 4.79 Å². The van der Waals surface area contributed by atoms with Gasteiger partial charge in [0.05, 0.1) is 11.6 Å². The highest BCUT2D eigenvalue weighted by molar-refractivity contribution is 7.99. The van der Waals surface area contributed by atoms with Gasteiger partial charge in [-0.1, -0.05) is 43.3 Å². The number of hydrogen-bond donors (Lipinski definition) is 1. The lowest BCUT2D eigenvalue weighted by Gasteiger charge is -2.26. The zero-order chi connectivity index (χ0) is 18.4. The summed E-state index contributed by atoms with van der Waals surface area (Å²) in [5, 5.41) is 3.00. The van der Waals surface area contributed by atoms with Gasteiger partial charge in [0, 0.05) is 4.90 Å². The standard InChI is InChI=1S/C21H23NO3S/c1-2-26-19-13-6-5-11-17(19)21(24)25-14-20(23)22-18-12-7-9-15-8-3-4-10-16(15)18/h3-6,8,10-11,13,18H,2,7,9,12,14H2,1H3,(H,22,23)/t18-/m0/s1. The van der Waals surface area contributed by atoms with E-state index in [0.29, 0.717) is 5.56 Å². The zero-order valence-electron chi connectivity index (χ0n) is 14.9. The minimum absolute atomic E-state index is 0.00548. The molecular formula is C21H23NO3S. The maximum atomic E-state index is 12.3. The molecule has 0 heterocycles. The summed E-state index contributed by atoms with van der Waals surface area (Å²) in [5.41, 5.74) is 2.96. The van der Waals surface area contributed by atoms with E-state index in [4.69, 9.17) is 4.74 Å². The molecule has 0 aliphatic heterocycles. The number of esters is 1. The van der Waals surface area contributed by atoms with E-state index in [2.05, 4.69) is 17.4 Å². The first-order valence-corrected chi connectivity index (χ1v) is 9.93. The first-order chi connectivity index (χ1) is 12.7. The predicted molar refractivity (Wildman–Crippen MR) is 103 cm³/mol. The summed E-state index contributed by atoms with van der Waals surface area (Å²) in [4.78, 5) is 25.5. The molecule has 0 aromatic heterocycles. The van der Waals surface area contributed by atoms with Gasteiger partial charge in [-0.05, 0) is 48.3 Å². The largest absolute Gasteiger partial charge is 0.452 e. The van der Waals surface area contributed by atoms with Crippen molar-refractivity contribution in [3.8, 4) is 0 Å². The quantitative estimate of drug-likeness (QED) is 0.614. The van der Waals surface area contributed by atoms with Crippen molar-refractivity contribution >= 4 is 23.6 Å². The molecule has 2 aromatic carbocycles. The lowest BCUT2D eigenvalue weighted by Crippen LogP contribution is -2.34. The number of aryl methyl sites for hydroxylation is 1. The lowest BCUT2D eigenvalue weighted by atomic mass is 9.88. The highest BCUT2D eigenvalue weighted by Crippen LogP contribution is 2.29. The van der Waals surface area contributed by atoms with Gasteiger partial charge < -0.3 is 10.1 Å². The molecule has 0 saturated carbocycles. The second kappa shape index (κ2) is 8.90. The number of carbonyl (C=O) groups is 2. The summed E-state index contributed by atoms with van der Waals surface area (Å²) >= 11 is 1.58. The topological polar surface area (TPSA) is 55.4 Å². The van der Waals surface area contributed by atoms with Gasteiger partial charge in [0.15, 0.2) is 6.61 Å². The molecule has 1 amide bonds. The Morgan fingerprint density at radius 2 is 1.92 bits per heavy atom. The molecule has 0 fully saturated rings. The Balaban J connectivity index is 1.58. The number of amides is 1. The summed E-state index contributed by atoms with van der Waals surface area (Å²) < 4.78 is 5.24. The molecule has 5 heteroatoms. The van der Waals surface area contributed by atoms with Crippen LogP contribution in [0.15, 0.2) is 53.4 Å². The third-order valence-corrected chi connectivity index (χ3v) is 5.40. The van der Waals surface area contributed by atoms with Crippen molar-refractivity contribution in [2.24, 2.45) is 0 Å². The van der Waals surface area contributed by atoms with E-state index in [1.807, 2.05) is 31.2 Å². The van der Waals surface area contributed by atoms with E-state index < -0.39 is 5.97 Å². The van der Waals surface area contributed by atoms with Gasteiger partial charge >= 0.3 is 5.97 Å². The maximum Gasteiger partial charge on any atom is 0.339 e. The number of carbonyl (C=O) groups excluding carboxylic acids is 2. The van der Waals surface area contributed by atoms with E-state index in [1.54, 1.807) is 23.9 Å². The van der Waals surface area contributed by atoms with Gasteiger partial charge in [-0.2, -0.15) is 0 Å². The summed E-state index contributed by atoms with van der Waals surface area (Å²) in [6.07, 6.45) is 3.00. The minimum Gasteiger partial charge on any atom is -0.452 e. The Labute approximate surface area is 158 Å².